The Morgan fingerprint density at radius 1 is 0.958 bits per heavy atom. The molecule has 126 valence electrons. The number of hydrogen-bond donors (Lipinski definition) is 0. The first-order valence-electron chi connectivity index (χ1n) is 7.24. The lowest BCUT2D eigenvalue weighted by molar-refractivity contribution is 0.0536. The molecule has 0 unspecified atom stereocenters. The minimum Gasteiger partial charge on any atom is -0.335 e. The molecule has 1 aliphatic heterocycles. The number of nitrogens with zero attached hydrogens (tertiary/aromatic N) is 2. The van der Waals surface area contributed by atoms with E-state index in [1.165, 1.54) is 24.3 Å². The van der Waals surface area contributed by atoms with E-state index in [1.54, 1.807) is 15.9 Å². The van der Waals surface area contributed by atoms with Crippen LogP contribution in [-0.4, -0.2) is 47.8 Å². The predicted octanol–water partition coefficient (Wildman–Crippen LogP) is 3.79. The van der Waals surface area contributed by atoms with Crippen LogP contribution in [0.15, 0.2) is 30.3 Å². The fourth-order valence-electron chi connectivity index (χ4n) is 2.54. The fourth-order valence-corrected chi connectivity index (χ4v) is 3.99. The van der Waals surface area contributed by atoms with Crippen molar-refractivity contribution in [1.82, 2.24) is 9.80 Å². The number of halogens is 3. The molecule has 1 fully saturated rings. The zero-order valence-corrected chi connectivity index (χ0v) is 14.8. The van der Waals surface area contributed by atoms with Crippen molar-refractivity contribution < 1.29 is 14.0 Å². The molecule has 0 atom stereocenters. The molecule has 0 saturated carbocycles. The quantitative estimate of drug-likeness (QED) is 0.787. The van der Waals surface area contributed by atoms with Crippen molar-refractivity contribution in [2.45, 2.75) is 0 Å². The molecule has 0 bridgehead atoms. The number of carbonyl (C=O) groups excluding carboxylic acids is 2. The van der Waals surface area contributed by atoms with Crippen LogP contribution in [0.25, 0.3) is 0 Å². The lowest BCUT2D eigenvalue weighted by atomic mass is 10.1. The predicted molar refractivity (Wildman–Crippen MR) is 92.5 cm³/mol. The summed E-state index contributed by atoms with van der Waals surface area (Å²) in [6.45, 7) is 1.65. The highest BCUT2D eigenvalue weighted by Crippen LogP contribution is 2.32. The van der Waals surface area contributed by atoms with E-state index in [1.807, 2.05) is 0 Å². The SMILES string of the molecule is O=C(c1ccc(F)cc1)N1CCN(C(=O)c2cc(Cl)sc2Cl)CC1. The van der Waals surface area contributed by atoms with Crippen molar-refractivity contribution in [3.63, 3.8) is 0 Å². The Balaban J connectivity index is 1.63. The monoisotopic (exact) mass is 386 g/mol. The topological polar surface area (TPSA) is 40.6 Å². The number of hydrogen-bond acceptors (Lipinski definition) is 3. The van der Waals surface area contributed by atoms with Gasteiger partial charge in [0.2, 0.25) is 0 Å². The number of rotatable bonds is 2. The standard InChI is InChI=1S/C16H13Cl2FN2O2S/c17-13-9-12(14(18)24-13)16(23)21-7-5-20(6-8-21)15(22)10-1-3-11(19)4-2-10/h1-4,9H,5-8H2. The van der Waals surface area contributed by atoms with E-state index in [0.717, 1.165) is 11.3 Å². The molecular formula is C16H13Cl2FN2O2S. The molecule has 1 aliphatic rings. The summed E-state index contributed by atoms with van der Waals surface area (Å²) in [6, 6.07) is 7.00. The summed E-state index contributed by atoms with van der Waals surface area (Å²) < 4.78 is 13.8. The highest BCUT2D eigenvalue weighted by molar-refractivity contribution is 7.20. The molecule has 0 radical (unpaired) electrons. The van der Waals surface area contributed by atoms with E-state index in [4.69, 9.17) is 23.2 Å². The highest BCUT2D eigenvalue weighted by Gasteiger charge is 2.27. The molecule has 0 aliphatic carbocycles. The van der Waals surface area contributed by atoms with Crippen LogP contribution in [0.3, 0.4) is 0 Å². The van der Waals surface area contributed by atoms with Gasteiger partial charge >= 0.3 is 0 Å². The van der Waals surface area contributed by atoms with Crippen LogP contribution in [0.1, 0.15) is 20.7 Å². The Labute approximate surface area is 152 Å². The molecule has 2 amide bonds. The Morgan fingerprint density at radius 2 is 1.50 bits per heavy atom. The number of benzene rings is 1. The van der Waals surface area contributed by atoms with Gasteiger partial charge in [0, 0.05) is 31.7 Å². The largest absolute Gasteiger partial charge is 0.335 e. The smallest absolute Gasteiger partial charge is 0.256 e. The molecule has 3 rings (SSSR count). The molecule has 0 N–H and O–H groups in total. The van der Waals surface area contributed by atoms with Crippen LogP contribution in [0.2, 0.25) is 8.67 Å². The average Bonchev–Trinajstić information content (AvgIpc) is 2.93. The van der Waals surface area contributed by atoms with Gasteiger partial charge in [0.25, 0.3) is 11.8 Å². The third kappa shape index (κ3) is 3.55. The first-order chi connectivity index (χ1) is 11.5. The molecule has 2 heterocycles. The number of amides is 2. The third-order valence-corrected chi connectivity index (χ3v) is 5.32. The normalized spacial score (nSPS) is 14.8. The van der Waals surface area contributed by atoms with Gasteiger partial charge in [0.15, 0.2) is 0 Å². The second-order valence-corrected chi connectivity index (χ2v) is 7.61. The molecule has 1 aromatic heterocycles. The van der Waals surface area contributed by atoms with Crippen LogP contribution in [0.4, 0.5) is 4.39 Å². The van der Waals surface area contributed by atoms with Crippen molar-refractivity contribution in [3.05, 3.63) is 55.9 Å². The first kappa shape index (κ1) is 17.2. The van der Waals surface area contributed by atoms with Crippen molar-refractivity contribution >= 4 is 46.4 Å². The minimum absolute atomic E-state index is 0.168. The highest BCUT2D eigenvalue weighted by atomic mass is 35.5. The summed E-state index contributed by atoms with van der Waals surface area (Å²) in [6.07, 6.45) is 0. The summed E-state index contributed by atoms with van der Waals surface area (Å²) in [7, 11) is 0. The van der Waals surface area contributed by atoms with Gasteiger partial charge in [-0.1, -0.05) is 23.2 Å². The van der Waals surface area contributed by atoms with Gasteiger partial charge in [-0.05, 0) is 30.3 Å². The van der Waals surface area contributed by atoms with Gasteiger partial charge in [-0.15, -0.1) is 11.3 Å². The van der Waals surface area contributed by atoms with E-state index in [-0.39, 0.29) is 17.6 Å². The van der Waals surface area contributed by atoms with E-state index in [9.17, 15) is 14.0 Å². The maximum Gasteiger partial charge on any atom is 0.256 e. The molecular weight excluding hydrogens is 374 g/mol. The summed E-state index contributed by atoms with van der Waals surface area (Å²) in [4.78, 5) is 28.1. The summed E-state index contributed by atoms with van der Waals surface area (Å²) in [5.41, 5.74) is 0.828. The Bertz CT molecular complexity index is 771. The summed E-state index contributed by atoms with van der Waals surface area (Å²) in [5, 5.41) is 0. The Morgan fingerprint density at radius 3 is 2.00 bits per heavy atom. The van der Waals surface area contributed by atoms with Gasteiger partial charge in [-0.2, -0.15) is 0 Å². The number of carbonyl (C=O) groups is 2. The van der Waals surface area contributed by atoms with E-state index >= 15 is 0 Å². The minimum atomic E-state index is -0.381. The molecule has 2 aromatic rings. The maximum absolute atomic E-state index is 12.9. The van der Waals surface area contributed by atoms with Gasteiger partial charge in [0.1, 0.15) is 10.2 Å². The first-order valence-corrected chi connectivity index (χ1v) is 8.82. The van der Waals surface area contributed by atoms with Crippen molar-refractivity contribution in [1.29, 1.82) is 0 Å². The second kappa shape index (κ2) is 7.09. The lowest BCUT2D eigenvalue weighted by Crippen LogP contribution is -2.50. The second-order valence-electron chi connectivity index (χ2n) is 5.33. The molecule has 8 heteroatoms. The average molecular weight is 387 g/mol. The van der Waals surface area contributed by atoms with Crippen molar-refractivity contribution in [3.8, 4) is 0 Å². The molecule has 0 spiro atoms. The van der Waals surface area contributed by atoms with Gasteiger partial charge < -0.3 is 9.80 Å². The van der Waals surface area contributed by atoms with E-state index in [2.05, 4.69) is 0 Å². The van der Waals surface area contributed by atoms with Crippen molar-refractivity contribution in [2.75, 3.05) is 26.2 Å². The molecule has 1 saturated heterocycles. The van der Waals surface area contributed by atoms with E-state index in [0.29, 0.717) is 46.0 Å². The van der Waals surface area contributed by atoms with Gasteiger partial charge in [-0.3, -0.25) is 9.59 Å². The van der Waals surface area contributed by atoms with Gasteiger partial charge in [-0.25, -0.2) is 4.39 Å². The molecule has 24 heavy (non-hydrogen) atoms. The van der Waals surface area contributed by atoms with Crippen LogP contribution < -0.4 is 0 Å². The fraction of sp³-hybridized carbons (Fsp3) is 0.250. The summed E-state index contributed by atoms with van der Waals surface area (Å²) >= 11 is 13.1. The zero-order valence-electron chi connectivity index (χ0n) is 12.5. The van der Waals surface area contributed by atoms with Crippen LogP contribution in [0, 0.1) is 5.82 Å². The molecule has 4 nitrogen and oxygen atoms in total. The number of thiophene rings is 1. The van der Waals surface area contributed by atoms with Crippen LogP contribution >= 0.6 is 34.5 Å². The van der Waals surface area contributed by atoms with Crippen LogP contribution in [-0.2, 0) is 0 Å². The number of piperazine rings is 1. The maximum atomic E-state index is 12.9. The van der Waals surface area contributed by atoms with E-state index < -0.39 is 0 Å². The van der Waals surface area contributed by atoms with Crippen LogP contribution in [0.5, 0.6) is 0 Å². The lowest BCUT2D eigenvalue weighted by Gasteiger charge is -2.34. The summed E-state index contributed by atoms with van der Waals surface area (Å²) in [5.74, 6) is -0.732. The molecule has 1 aromatic carbocycles. The third-order valence-electron chi connectivity index (χ3n) is 3.83. The van der Waals surface area contributed by atoms with Crippen molar-refractivity contribution in [2.24, 2.45) is 0 Å². The van der Waals surface area contributed by atoms with Gasteiger partial charge in [0.05, 0.1) is 9.90 Å². The Kier molecular flexibility index (Phi) is 5.08. The Hall–Kier alpha value is -1.63. The zero-order chi connectivity index (χ0) is 17.3.